The smallest absolute Gasteiger partial charge is 0.256 e. The number of benzene rings is 1. The van der Waals surface area contributed by atoms with Crippen LogP contribution in [0.15, 0.2) is 18.2 Å². The van der Waals surface area contributed by atoms with Gasteiger partial charge in [-0.1, -0.05) is 26.8 Å². The van der Waals surface area contributed by atoms with Gasteiger partial charge in [0.1, 0.15) is 5.82 Å². The van der Waals surface area contributed by atoms with Crippen LogP contribution in [-0.2, 0) is 0 Å². The molecule has 19 heavy (non-hydrogen) atoms. The van der Waals surface area contributed by atoms with Gasteiger partial charge in [0.15, 0.2) is 0 Å². The van der Waals surface area contributed by atoms with Gasteiger partial charge in [-0.25, -0.2) is 4.39 Å². The number of hydrogen-bond donors (Lipinski definition) is 0. The second kappa shape index (κ2) is 4.95. The lowest BCUT2D eigenvalue weighted by molar-refractivity contribution is 0.0772. The number of hydrogen-bond acceptors (Lipinski definition) is 1. The van der Waals surface area contributed by atoms with Crippen LogP contribution in [0.5, 0.6) is 0 Å². The topological polar surface area (TPSA) is 20.3 Å². The van der Waals surface area contributed by atoms with Gasteiger partial charge >= 0.3 is 0 Å². The van der Waals surface area contributed by atoms with Crippen molar-refractivity contribution >= 4 is 5.91 Å². The first-order valence-electron chi connectivity index (χ1n) is 6.84. The van der Waals surface area contributed by atoms with E-state index in [4.69, 9.17) is 0 Å². The summed E-state index contributed by atoms with van der Waals surface area (Å²) < 4.78 is 13.8. The van der Waals surface area contributed by atoms with Crippen LogP contribution in [0.2, 0.25) is 0 Å². The minimum absolute atomic E-state index is 0.177. The fourth-order valence-electron chi connectivity index (χ4n) is 2.62. The number of aryl methyl sites for hydroxylation is 1. The molecule has 0 aromatic heterocycles. The SMILES string of the molecule is Cc1ccc(C(=O)N2CCC(C(C)(C)C)C2)c(F)c1. The molecule has 1 amide bonds. The Labute approximate surface area is 114 Å². The summed E-state index contributed by atoms with van der Waals surface area (Å²) in [5.74, 6) is -0.0987. The molecule has 1 aliphatic rings. The number of carbonyl (C=O) groups excluding carboxylic acids is 1. The summed E-state index contributed by atoms with van der Waals surface area (Å²) in [6.07, 6.45) is 1.00. The Morgan fingerprint density at radius 2 is 2.05 bits per heavy atom. The molecule has 0 spiro atoms. The molecule has 0 saturated carbocycles. The number of nitrogens with zero attached hydrogens (tertiary/aromatic N) is 1. The van der Waals surface area contributed by atoms with Crippen LogP contribution in [0, 0.1) is 24.1 Å². The Bertz CT molecular complexity index is 490. The summed E-state index contributed by atoms with van der Waals surface area (Å²) in [5, 5.41) is 0. The summed E-state index contributed by atoms with van der Waals surface area (Å²) in [6.45, 7) is 9.86. The van der Waals surface area contributed by atoms with Crippen molar-refractivity contribution in [3.05, 3.63) is 35.1 Å². The van der Waals surface area contributed by atoms with Crippen molar-refractivity contribution in [3.63, 3.8) is 0 Å². The number of halogens is 1. The molecule has 1 aromatic rings. The summed E-state index contributed by atoms with van der Waals surface area (Å²) in [6, 6.07) is 4.80. The second-order valence-electron chi connectivity index (χ2n) is 6.59. The van der Waals surface area contributed by atoms with E-state index in [2.05, 4.69) is 20.8 Å². The van der Waals surface area contributed by atoms with Gasteiger partial charge in [-0.2, -0.15) is 0 Å². The second-order valence-corrected chi connectivity index (χ2v) is 6.59. The van der Waals surface area contributed by atoms with Crippen LogP contribution < -0.4 is 0 Å². The Morgan fingerprint density at radius 1 is 1.37 bits per heavy atom. The lowest BCUT2D eigenvalue weighted by Gasteiger charge is -2.27. The van der Waals surface area contributed by atoms with Gasteiger partial charge in [0, 0.05) is 13.1 Å². The third kappa shape index (κ3) is 2.96. The van der Waals surface area contributed by atoms with E-state index in [1.807, 2.05) is 6.92 Å². The molecule has 104 valence electrons. The summed E-state index contributed by atoms with van der Waals surface area (Å²) in [5.41, 5.74) is 1.23. The molecule has 0 radical (unpaired) electrons. The van der Waals surface area contributed by atoms with E-state index in [-0.39, 0.29) is 16.9 Å². The normalized spacial score (nSPS) is 19.8. The average Bonchev–Trinajstić information content (AvgIpc) is 2.76. The van der Waals surface area contributed by atoms with E-state index in [1.165, 1.54) is 6.07 Å². The van der Waals surface area contributed by atoms with Crippen molar-refractivity contribution in [2.24, 2.45) is 11.3 Å². The molecule has 1 saturated heterocycles. The summed E-state index contributed by atoms with van der Waals surface area (Å²) in [7, 11) is 0. The van der Waals surface area contributed by atoms with Gasteiger partial charge in [0.2, 0.25) is 0 Å². The molecule has 2 rings (SSSR count). The van der Waals surface area contributed by atoms with E-state index in [0.717, 1.165) is 25.1 Å². The number of amides is 1. The zero-order valence-corrected chi connectivity index (χ0v) is 12.2. The van der Waals surface area contributed by atoms with Crippen LogP contribution in [-0.4, -0.2) is 23.9 Å². The zero-order valence-electron chi connectivity index (χ0n) is 12.2. The molecule has 0 bridgehead atoms. The fourth-order valence-corrected chi connectivity index (χ4v) is 2.62. The standard InChI is InChI=1S/C16H22FNO/c1-11-5-6-13(14(17)9-11)15(19)18-8-7-12(10-18)16(2,3)4/h5-6,9,12H,7-8,10H2,1-4H3. The van der Waals surface area contributed by atoms with E-state index < -0.39 is 5.82 Å². The van der Waals surface area contributed by atoms with Gasteiger partial charge in [-0.05, 0) is 42.4 Å². The number of rotatable bonds is 1. The maximum Gasteiger partial charge on any atom is 0.256 e. The summed E-state index contributed by atoms with van der Waals surface area (Å²) >= 11 is 0. The molecular formula is C16H22FNO. The van der Waals surface area contributed by atoms with Gasteiger partial charge in [-0.15, -0.1) is 0 Å². The monoisotopic (exact) mass is 263 g/mol. The molecule has 1 atom stereocenters. The molecular weight excluding hydrogens is 241 g/mol. The first kappa shape index (κ1) is 14.0. The summed E-state index contributed by atoms with van der Waals surface area (Å²) in [4.78, 5) is 14.1. The van der Waals surface area contributed by atoms with Gasteiger partial charge in [0.25, 0.3) is 5.91 Å². The molecule has 1 aromatic carbocycles. The Morgan fingerprint density at radius 3 is 2.58 bits per heavy atom. The maximum absolute atomic E-state index is 13.8. The van der Waals surface area contributed by atoms with Crippen molar-refractivity contribution in [3.8, 4) is 0 Å². The van der Waals surface area contributed by atoms with Crippen LogP contribution in [0.25, 0.3) is 0 Å². The van der Waals surface area contributed by atoms with Crippen molar-refractivity contribution in [2.75, 3.05) is 13.1 Å². The van der Waals surface area contributed by atoms with Gasteiger partial charge in [0.05, 0.1) is 5.56 Å². The first-order chi connectivity index (χ1) is 8.79. The van der Waals surface area contributed by atoms with E-state index in [0.29, 0.717) is 5.92 Å². The maximum atomic E-state index is 13.8. The van der Waals surface area contributed by atoms with E-state index >= 15 is 0 Å². The highest BCUT2D eigenvalue weighted by atomic mass is 19.1. The average molecular weight is 263 g/mol. The quantitative estimate of drug-likeness (QED) is 0.757. The van der Waals surface area contributed by atoms with Crippen LogP contribution >= 0.6 is 0 Å². The first-order valence-corrected chi connectivity index (χ1v) is 6.84. The van der Waals surface area contributed by atoms with Crippen LogP contribution in [0.3, 0.4) is 0 Å². The van der Waals surface area contributed by atoms with Crippen molar-refractivity contribution in [1.29, 1.82) is 0 Å². The highest BCUT2D eigenvalue weighted by Crippen LogP contribution is 2.34. The molecule has 1 aliphatic heterocycles. The molecule has 1 fully saturated rings. The molecule has 1 unspecified atom stereocenters. The van der Waals surface area contributed by atoms with Crippen LogP contribution in [0.1, 0.15) is 43.1 Å². The minimum Gasteiger partial charge on any atom is -0.338 e. The van der Waals surface area contributed by atoms with Crippen LogP contribution in [0.4, 0.5) is 4.39 Å². The van der Waals surface area contributed by atoms with Crippen molar-refractivity contribution < 1.29 is 9.18 Å². The molecule has 3 heteroatoms. The molecule has 1 heterocycles. The fraction of sp³-hybridized carbons (Fsp3) is 0.562. The predicted octanol–water partition coefficient (Wildman–Crippen LogP) is 3.64. The Kier molecular flexibility index (Phi) is 3.66. The van der Waals surface area contributed by atoms with Gasteiger partial charge in [-0.3, -0.25) is 4.79 Å². The molecule has 0 N–H and O–H groups in total. The largest absolute Gasteiger partial charge is 0.338 e. The third-order valence-corrected chi connectivity index (χ3v) is 4.06. The van der Waals surface area contributed by atoms with E-state index in [9.17, 15) is 9.18 Å². The van der Waals surface area contributed by atoms with E-state index in [1.54, 1.807) is 17.0 Å². The predicted molar refractivity (Wildman–Crippen MR) is 74.6 cm³/mol. The molecule has 0 aliphatic carbocycles. The Balaban J connectivity index is 2.14. The minimum atomic E-state index is -0.413. The van der Waals surface area contributed by atoms with Crippen molar-refractivity contribution in [2.45, 2.75) is 34.1 Å². The number of carbonyl (C=O) groups is 1. The van der Waals surface area contributed by atoms with Gasteiger partial charge < -0.3 is 4.90 Å². The lowest BCUT2D eigenvalue weighted by atomic mass is 9.80. The Hall–Kier alpha value is -1.38. The highest BCUT2D eigenvalue weighted by Gasteiger charge is 2.34. The number of likely N-dealkylation sites (tertiary alicyclic amines) is 1. The zero-order chi connectivity index (χ0) is 14.2. The molecule has 2 nitrogen and oxygen atoms in total. The highest BCUT2D eigenvalue weighted by molar-refractivity contribution is 5.94. The third-order valence-electron chi connectivity index (χ3n) is 4.06. The lowest BCUT2D eigenvalue weighted by Crippen LogP contribution is -2.31. The van der Waals surface area contributed by atoms with Crippen molar-refractivity contribution in [1.82, 2.24) is 4.90 Å².